The minimum Gasteiger partial charge on any atom is -0.383 e. The molecule has 2 aliphatic heterocycles. The summed E-state index contributed by atoms with van der Waals surface area (Å²) in [4.78, 5) is 5.15. The first-order valence-electron chi connectivity index (χ1n) is 8.42. The fraction of sp³-hybridized carbons (Fsp3) is 0.824. The maximum atomic E-state index is 5.38. The van der Waals surface area contributed by atoms with Crippen LogP contribution >= 0.6 is 0 Å². The maximum Gasteiger partial charge on any atom is 0.138 e. The van der Waals surface area contributed by atoms with Gasteiger partial charge in [-0.2, -0.15) is 0 Å². The SMILES string of the molecule is COCC1CCC2(CCN(Cc3c(C)noc3C)CC2)N1C. The van der Waals surface area contributed by atoms with Gasteiger partial charge in [-0.3, -0.25) is 9.80 Å². The molecule has 1 aromatic rings. The Morgan fingerprint density at radius 1 is 1.27 bits per heavy atom. The lowest BCUT2D eigenvalue weighted by atomic mass is 9.85. The van der Waals surface area contributed by atoms with Gasteiger partial charge in [-0.1, -0.05) is 5.16 Å². The molecular weight excluding hydrogens is 278 g/mol. The van der Waals surface area contributed by atoms with Gasteiger partial charge < -0.3 is 9.26 Å². The quantitative estimate of drug-likeness (QED) is 0.854. The number of likely N-dealkylation sites (N-methyl/N-ethyl adjacent to an activating group) is 1. The molecule has 5 heteroatoms. The molecule has 2 aliphatic rings. The van der Waals surface area contributed by atoms with E-state index in [1.165, 1.54) is 31.2 Å². The Bertz CT molecular complexity index is 487. The average molecular weight is 307 g/mol. The van der Waals surface area contributed by atoms with Gasteiger partial charge in [0.15, 0.2) is 0 Å². The highest BCUT2D eigenvalue weighted by molar-refractivity contribution is 5.20. The van der Waals surface area contributed by atoms with Crippen molar-refractivity contribution in [3.8, 4) is 0 Å². The third-order valence-corrected chi connectivity index (χ3v) is 5.95. The van der Waals surface area contributed by atoms with Crippen molar-refractivity contribution in [1.29, 1.82) is 0 Å². The molecule has 1 spiro atoms. The molecule has 5 nitrogen and oxygen atoms in total. The van der Waals surface area contributed by atoms with Crippen molar-refractivity contribution in [3.63, 3.8) is 0 Å². The summed E-state index contributed by atoms with van der Waals surface area (Å²) < 4.78 is 10.7. The Morgan fingerprint density at radius 2 is 2.00 bits per heavy atom. The Kier molecular flexibility index (Phi) is 4.57. The summed E-state index contributed by atoms with van der Waals surface area (Å²) in [7, 11) is 4.10. The summed E-state index contributed by atoms with van der Waals surface area (Å²) in [6, 6.07) is 0.596. The summed E-state index contributed by atoms with van der Waals surface area (Å²) in [6.07, 6.45) is 5.10. The van der Waals surface area contributed by atoms with E-state index in [2.05, 4.69) is 22.0 Å². The van der Waals surface area contributed by atoms with Crippen LogP contribution in [0.3, 0.4) is 0 Å². The lowest BCUT2D eigenvalue weighted by Crippen LogP contribution is -2.52. The lowest BCUT2D eigenvalue weighted by Gasteiger charge is -2.45. The number of ether oxygens (including phenoxy) is 1. The second-order valence-electron chi connectivity index (χ2n) is 7.06. The van der Waals surface area contributed by atoms with E-state index in [-0.39, 0.29) is 0 Å². The molecule has 22 heavy (non-hydrogen) atoms. The van der Waals surface area contributed by atoms with E-state index >= 15 is 0 Å². The number of piperidine rings is 1. The fourth-order valence-corrected chi connectivity index (χ4v) is 4.26. The van der Waals surface area contributed by atoms with Gasteiger partial charge in [0.25, 0.3) is 0 Å². The van der Waals surface area contributed by atoms with Crippen molar-refractivity contribution < 1.29 is 9.26 Å². The van der Waals surface area contributed by atoms with Gasteiger partial charge in [-0.15, -0.1) is 0 Å². The zero-order valence-corrected chi connectivity index (χ0v) is 14.4. The number of hydrogen-bond acceptors (Lipinski definition) is 5. The van der Waals surface area contributed by atoms with E-state index in [0.29, 0.717) is 11.6 Å². The Labute approximate surface area is 133 Å². The highest BCUT2D eigenvalue weighted by Crippen LogP contribution is 2.40. The first kappa shape index (κ1) is 16.0. The van der Waals surface area contributed by atoms with E-state index in [9.17, 15) is 0 Å². The molecule has 0 N–H and O–H groups in total. The molecule has 0 saturated carbocycles. The summed E-state index contributed by atoms with van der Waals surface area (Å²) in [6.45, 7) is 8.21. The predicted molar refractivity (Wildman–Crippen MR) is 85.9 cm³/mol. The maximum absolute atomic E-state index is 5.38. The molecule has 1 unspecified atom stereocenters. The van der Waals surface area contributed by atoms with Crippen LogP contribution in [0.1, 0.15) is 42.7 Å². The van der Waals surface area contributed by atoms with Crippen LogP contribution in [-0.2, 0) is 11.3 Å². The molecule has 2 saturated heterocycles. The molecule has 0 amide bonds. The smallest absolute Gasteiger partial charge is 0.138 e. The Morgan fingerprint density at radius 3 is 2.59 bits per heavy atom. The summed E-state index contributed by atoms with van der Waals surface area (Å²) in [5.41, 5.74) is 2.71. The van der Waals surface area contributed by atoms with Crippen LogP contribution in [0.4, 0.5) is 0 Å². The van der Waals surface area contributed by atoms with Crippen molar-refractivity contribution in [2.45, 2.75) is 57.7 Å². The van der Waals surface area contributed by atoms with Crippen LogP contribution in [0.2, 0.25) is 0 Å². The third-order valence-electron chi connectivity index (χ3n) is 5.95. The zero-order chi connectivity index (χ0) is 15.7. The summed E-state index contributed by atoms with van der Waals surface area (Å²) in [5, 5.41) is 4.07. The first-order valence-corrected chi connectivity index (χ1v) is 8.42. The first-order chi connectivity index (χ1) is 10.6. The van der Waals surface area contributed by atoms with Gasteiger partial charge >= 0.3 is 0 Å². The van der Waals surface area contributed by atoms with Gasteiger partial charge in [-0.25, -0.2) is 0 Å². The van der Waals surface area contributed by atoms with Gasteiger partial charge in [0.2, 0.25) is 0 Å². The minimum atomic E-state index is 0.401. The van der Waals surface area contributed by atoms with Crippen LogP contribution in [0.15, 0.2) is 4.52 Å². The van der Waals surface area contributed by atoms with Gasteiger partial charge in [0.05, 0.1) is 12.3 Å². The van der Waals surface area contributed by atoms with Crippen molar-refractivity contribution in [1.82, 2.24) is 15.0 Å². The summed E-state index contributed by atoms with van der Waals surface area (Å²) >= 11 is 0. The molecule has 1 atom stereocenters. The number of hydrogen-bond donors (Lipinski definition) is 0. The van der Waals surface area contributed by atoms with Gasteiger partial charge in [-0.05, 0) is 46.6 Å². The highest BCUT2D eigenvalue weighted by atomic mass is 16.5. The molecule has 0 aromatic carbocycles. The number of rotatable bonds is 4. The van der Waals surface area contributed by atoms with E-state index in [4.69, 9.17) is 9.26 Å². The van der Waals surface area contributed by atoms with Crippen molar-refractivity contribution in [2.75, 3.05) is 33.9 Å². The van der Waals surface area contributed by atoms with Gasteiger partial charge in [0.1, 0.15) is 5.76 Å². The number of aryl methyl sites for hydroxylation is 2. The fourth-order valence-electron chi connectivity index (χ4n) is 4.26. The minimum absolute atomic E-state index is 0.401. The number of nitrogens with zero attached hydrogens (tertiary/aromatic N) is 3. The molecule has 1 aromatic heterocycles. The molecule has 3 heterocycles. The van der Waals surface area contributed by atoms with Crippen LogP contribution in [0, 0.1) is 13.8 Å². The van der Waals surface area contributed by atoms with E-state index in [1.54, 1.807) is 0 Å². The monoisotopic (exact) mass is 307 g/mol. The molecule has 3 rings (SSSR count). The topological polar surface area (TPSA) is 41.7 Å². The van der Waals surface area contributed by atoms with E-state index < -0.39 is 0 Å². The lowest BCUT2D eigenvalue weighted by molar-refractivity contribution is 0.0281. The largest absolute Gasteiger partial charge is 0.383 e. The van der Waals surface area contributed by atoms with Crippen LogP contribution < -0.4 is 0 Å². The standard InChI is InChI=1S/C17H29N3O2/c1-13-16(14(2)22-18-13)11-20-9-7-17(8-10-20)6-5-15(12-21-4)19(17)3/h15H,5-12H2,1-4H3. The third kappa shape index (κ3) is 2.82. The highest BCUT2D eigenvalue weighted by Gasteiger charge is 2.45. The molecule has 0 aliphatic carbocycles. The van der Waals surface area contributed by atoms with Crippen LogP contribution in [0.25, 0.3) is 0 Å². The molecule has 2 fully saturated rings. The summed E-state index contributed by atoms with van der Waals surface area (Å²) in [5.74, 6) is 0.968. The van der Waals surface area contributed by atoms with Crippen LogP contribution in [0.5, 0.6) is 0 Å². The Balaban J connectivity index is 1.59. The van der Waals surface area contributed by atoms with E-state index in [1.807, 2.05) is 21.0 Å². The van der Waals surface area contributed by atoms with Crippen molar-refractivity contribution >= 4 is 0 Å². The van der Waals surface area contributed by atoms with E-state index in [0.717, 1.165) is 37.7 Å². The van der Waals surface area contributed by atoms with Crippen molar-refractivity contribution in [3.05, 3.63) is 17.0 Å². The Hall–Kier alpha value is -0.910. The average Bonchev–Trinajstić information content (AvgIpc) is 2.99. The second-order valence-corrected chi connectivity index (χ2v) is 7.06. The molecule has 0 bridgehead atoms. The van der Waals surface area contributed by atoms with Gasteiger partial charge in [0, 0.05) is 43.9 Å². The van der Waals surface area contributed by atoms with Crippen molar-refractivity contribution in [2.24, 2.45) is 0 Å². The number of aromatic nitrogens is 1. The normalized spacial score (nSPS) is 26.1. The van der Waals surface area contributed by atoms with Crippen LogP contribution in [-0.4, -0.2) is 60.4 Å². The number of likely N-dealkylation sites (tertiary alicyclic amines) is 2. The predicted octanol–water partition coefficient (Wildman–Crippen LogP) is 2.37. The molecular formula is C17H29N3O2. The molecule has 0 radical (unpaired) electrons. The number of methoxy groups -OCH3 is 1. The zero-order valence-electron chi connectivity index (χ0n) is 14.4. The molecule has 124 valence electrons. The second kappa shape index (κ2) is 6.30.